The molecular weight excluding hydrogens is 252 g/mol. The molecule has 0 aromatic carbocycles. The third kappa shape index (κ3) is 3.00. The smallest absolute Gasteiger partial charge is 0.179 e. The van der Waals surface area contributed by atoms with Crippen LogP contribution in [-0.4, -0.2) is 36.9 Å². The molecule has 1 fully saturated rings. The number of pyridine rings is 1. The van der Waals surface area contributed by atoms with Gasteiger partial charge in [-0.05, 0) is 25.0 Å². The van der Waals surface area contributed by atoms with Crippen LogP contribution in [0.15, 0.2) is 23.2 Å². The van der Waals surface area contributed by atoms with Crippen LogP contribution in [0.5, 0.6) is 0 Å². The number of nitrogens with zero attached hydrogens (tertiary/aromatic N) is 1. The third-order valence-corrected chi connectivity index (χ3v) is 4.42. The lowest BCUT2D eigenvalue weighted by molar-refractivity contribution is 0.0613. The first-order chi connectivity index (χ1) is 8.41. The minimum Gasteiger partial charge on any atom is -0.388 e. The molecule has 0 saturated heterocycles. The molecule has 2 rings (SSSR count). The van der Waals surface area contributed by atoms with Gasteiger partial charge in [-0.1, -0.05) is 12.8 Å². The molecule has 1 aliphatic rings. The molecule has 0 spiro atoms. The Morgan fingerprint density at radius 2 is 2.11 bits per heavy atom. The third-order valence-electron chi connectivity index (χ3n) is 3.29. The highest BCUT2D eigenvalue weighted by molar-refractivity contribution is 7.90. The minimum atomic E-state index is -3.31. The van der Waals surface area contributed by atoms with Crippen LogP contribution in [0.2, 0.25) is 0 Å². The van der Waals surface area contributed by atoms with Gasteiger partial charge in [0.15, 0.2) is 9.84 Å². The molecule has 1 aromatic rings. The molecule has 1 saturated carbocycles. The second-order valence-corrected chi connectivity index (χ2v) is 6.89. The quantitative estimate of drug-likeness (QED) is 0.859. The van der Waals surface area contributed by atoms with Crippen LogP contribution in [-0.2, 0) is 9.84 Å². The molecule has 0 radical (unpaired) electrons. The lowest BCUT2D eigenvalue weighted by Gasteiger charge is -2.23. The predicted octanol–water partition coefficient (Wildman–Crippen LogP) is 1.20. The van der Waals surface area contributed by atoms with Crippen molar-refractivity contribution in [2.45, 2.75) is 36.2 Å². The lowest BCUT2D eigenvalue weighted by Crippen LogP contribution is -2.34. The van der Waals surface area contributed by atoms with Crippen LogP contribution >= 0.6 is 0 Å². The summed E-state index contributed by atoms with van der Waals surface area (Å²) in [5.74, 6) is 0.320. The number of aliphatic hydroxyl groups is 1. The van der Waals surface area contributed by atoms with E-state index in [9.17, 15) is 13.5 Å². The number of anilines is 1. The second-order valence-electron chi connectivity index (χ2n) is 4.91. The van der Waals surface area contributed by atoms with Crippen molar-refractivity contribution in [3.8, 4) is 0 Å². The second kappa shape index (κ2) is 4.85. The van der Waals surface area contributed by atoms with Gasteiger partial charge in [-0.25, -0.2) is 13.4 Å². The highest BCUT2D eigenvalue weighted by Gasteiger charge is 2.31. The molecule has 18 heavy (non-hydrogen) atoms. The fourth-order valence-electron chi connectivity index (χ4n) is 2.28. The van der Waals surface area contributed by atoms with E-state index in [0.29, 0.717) is 12.4 Å². The average molecular weight is 270 g/mol. The van der Waals surface area contributed by atoms with Gasteiger partial charge < -0.3 is 10.4 Å². The van der Waals surface area contributed by atoms with E-state index in [-0.39, 0.29) is 4.90 Å². The largest absolute Gasteiger partial charge is 0.388 e. The van der Waals surface area contributed by atoms with Crippen LogP contribution in [0.25, 0.3) is 0 Å². The molecule has 6 heteroatoms. The van der Waals surface area contributed by atoms with E-state index in [4.69, 9.17) is 0 Å². The fraction of sp³-hybridized carbons (Fsp3) is 0.583. The summed E-state index contributed by atoms with van der Waals surface area (Å²) < 4.78 is 23.2. The molecule has 100 valence electrons. The van der Waals surface area contributed by atoms with Crippen molar-refractivity contribution < 1.29 is 13.5 Å². The Morgan fingerprint density at radius 1 is 1.44 bits per heavy atom. The molecule has 0 aliphatic heterocycles. The van der Waals surface area contributed by atoms with E-state index >= 15 is 0 Å². The molecule has 5 nitrogen and oxygen atoms in total. The maximum Gasteiger partial charge on any atom is 0.179 e. The van der Waals surface area contributed by atoms with Crippen molar-refractivity contribution in [1.29, 1.82) is 0 Å². The van der Waals surface area contributed by atoms with Crippen molar-refractivity contribution in [3.05, 3.63) is 18.3 Å². The van der Waals surface area contributed by atoms with E-state index in [1.54, 1.807) is 6.07 Å². The summed E-state index contributed by atoms with van der Waals surface area (Å²) in [6.45, 7) is 0.340. The summed E-state index contributed by atoms with van der Waals surface area (Å²) >= 11 is 0. The van der Waals surface area contributed by atoms with Gasteiger partial charge >= 0.3 is 0 Å². The number of rotatable bonds is 4. The number of sulfone groups is 1. The van der Waals surface area contributed by atoms with Gasteiger partial charge in [0.1, 0.15) is 10.7 Å². The van der Waals surface area contributed by atoms with E-state index in [0.717, 1.165) is 31.9 Å². The maximum atomic E-state index is 11.6. The zero-order valence-corrected chi connectivity index (χ0v) is 11.2. The van der Waals surface area contributed by atoms with E-state index < -0.39 is 15.4 Å². The van der Waals surface area contributed by atoms with Gasteiger partial charge in [0.2, 0.25) is 0 Å². The van der Waals surface area contributed by atoms with Gasteiger partial charge in [-0.3, -0.25) is 0 Å². The Balaban J connectivity index is 2.15. The first-order valence-electron chi connectivity index (χ1n) is 6.02. The molecule has 0 atom stereocenters. The van der Waals surface area contributed by atoms with Gasteiger partial charge in [0.05, 0.1) is 5.60 Å². The average Bonchev–Trinajstić information content (AvgIpc) is 2.73. The molecule has 1 heterocycles. The monoisotopic (exact) mass is 270 g/mol. The maximum absolute atomic E-state index is 11.6. The fourth-order valence-corrected chi connectivity index (χ4v) is 3.08. The Morgan fingerprint density at radius 3 is 2.72 bits per heavy atom. The first kappa shape index (κ1) is 13.3. The van der Waals surface area contributed by atoms with Crippen molar-refractivity contribution in [1.82, 2.24) is 4.98 Å². The summed E-state index contributed by atoms with van der Waals surface area (Å²) in [5, 5.41) is 13.2. The molecule has 0 unspecified atom stereocenters. The van der Waals surface area contributed by atoms with Crippen molar-refractivity contribution >= 4 is 15.7 Å². The van der Waals surface area contributed by atoms with E-state index in [2.05, 4.69) is 10.3 Å². The molecule has 1 aromatic heterocycles. The van der Waals surface area contributed by atoms with Gasteiger partial charge in [-0.15, -0.1) is 0 Å². The number of hydrogen-bond donors (Lipinski definition) is 2. The van der Waals surface area contributed by atoms with Crippen molar-refractivity contribution in [2.24, 2.45) is 0 Å². The summed E-state index contributed by atoms with van der Waals surface area (Å²) in [6.07, 6.45) is 6.22. The SMILES string of the molecule is CS(=O)(=O)c1cccnc1NCC1(O)CCCC1. The lowest BCUT2D eigenvalue weighted by atomic mass is 10.0. The van der Waals surface area contributed by atoms with Gasteiger partial charge in [0, 0.05) is 19.0 Å². The van der Waals surface area contributed by atoms with Crippen LogP contribution < -0.4 is 5.32 Å². The molecule has 1 aliphatic carbocycles. The first-order valence-corrected chi connectivity index (χ1v) is 7.91. The zero-order chi connectivity index (χ0) is 13.2. The number of nitrogens with one attached hydrogen (secondary N) is 1. The normalized spacial score (nSPS) is 18.8. The van der Waals surface area contributed by atoms with Gasteiger partial charge in [0.25, 0.3) is 0 Å². The van der Waals surface area contributed by atoms with E-state index in [1.165, 1.54) is 12.3 Å². The van der Waals surface area contributed by atoms with Crippen molar-refractivity contribution in [3.63, 3.8) is 0 Å². The zero-order valence-electron chi connectivity index (χ0n) is 10.4. The Kier molecular flexibility index (Phi) is 3.59. The van der Waals surface area contributed by atoms with Crippen LogP contribution in [0.1, 0.15) is 25.7 Å². The van der Waals surface area contributed by atoms with Crippen LogP contribution in [0.3, 0.4) is 0 Å². The van der Waals surface area contributed by atoms with Crippen LogP contribution in [0.4, 0.5) is 5.82 Å². The molecule has 2 N–H and O–H groups in total. The Bertz CT molecular complexity index is 522. The summed E-state index contributed by atoms with van der Waals surface area (Å²) in [6, 6.07) is 3.11. The summed E-state index contributed by atoms with van der Waals surface area (Å²) in [7, 11) is -3.31. The summed E-state index contributed by atoms with van der Waals surface area (Å²) in [5.41, 5.74) is -0.730. The Labute approximate surface area is 107 Å². The predicted molar refractivity (Wildman–Crippen MR) is 69.3 cm³/mol. The van der Waals surface area contributed by atoms with Crippen molar-refractivity contribution in [2.75, 3.05) is 18.1 Å². The van der Waals surface area contributed by atoms with Gasteiger partial charge in [-0.2, -0.15) is 0 Å². The molecular formula is C12H18N2O3S. The highest BCUT2D eigenvalue weighted by atomic mass is 32.2. The standard InChI is InChI=1S/C12H18N2O3S/c1-18(16,17)10-5-4-8-13-11(10)14-9-12(15)6-2-3-7-12/h4-5,8,15H,2-3,6-7,9H2,1H3,(H,13,14). The molecule has 0 bridgehead atoms. The topological polar surface area (TPSA) is 79.3 Å². The molecule has 0 amide bonds. The summed E-state index contributed by atoms with van der Waals surface area (Å²) in [4.78, 5) is 4.21. The number of hydrogen-bond acceptors (Lipinski definition) is 5. The number of aromatic nitrogens is 1. The van der Waals surface area contributed by atoms with E-state index in [1.807, 2.05) is 0 Å². The Hall–Kier alpha value is -1.14. The van der Waals surface area contributed by atoms with Crippen LogP contribution in [0, 0.1) is 0 Å². The highest BCUT2D eigenvalue weighted by Crippen LogP contribution is 2.30. The minimum absolute atomic E-state index is 0.173.